The van der Waals surface area contributed by atoms with E-state index in [4.69, 9.17) is 0 Å². The molecule has 0 N–H and O–H groups in total. The Balaban J connectivity index is 2.48. The summed E-state index contributed by atoms with van der Waals surface area (Å²) in [4.78, 5) is 0. The van der Waals surface area contributed by atoms with Crippen LogP contribution in [-0.2, 0) is 0 Å². The lowest BCUT2D eigenvalue weighted by molar-refractivity contribution is 0.316. The van der Waals surface area contributed by atoms with E-state index >= 15 is 0 Å². The summed E-state index contributed by atoms with van der Waals surface area (Å²) in [6, 6.07) is 9.37. The molecule has 1 unspecified atom stereocenters. The molecule has 1 aromatic carbocycles. The van der Waals surface area contributed by atoms with E-state index in [1.165, 1.54) is 0 Å². The van der Waals surface area contributed by atoms with Crippen LogP contribution in [0.4, 0.5) is 4.39 Å². The van der Waals surface area contributed by atoms with Gasteiger partial charge >= 0.3 is 0 Å². The summed E-state index contributed by atoms with van der Waals surface area (Å²) in [6.07, 6.45) is 1.91. The highest BCUT2D eigenvalue weighted by atomic mass is 19.1. The highest BCUT2D eigenvalue weighted by molar-refractivity contribution is 5.17. The number of halogens is 1. The smallest absolute Gasteiger partial charge is 0.125 e. The molecule has 1 aromatic rings. The number of unbranched alkanes of at least 4 members (excludes halogenated alkanes) is 1. The standard InChI is InChI=1S/C11H15F/c1-2-3-9-11(12)10-7-5-4-6-8-10/h4-8,11H,2-3,9H2,1H3. The van der Waals surface area contributed by atoms with Gasteiger partial charge in [-0.25, -0.2) is 4.39 Å². The highest BCUT2D eigenvalue weighted by Crippen LogP contribution is 2.22. The zero-order valence-corrected chi connectivity index (χ0v) is 7.46. The summed E-state index contributed by atoms with van der Waals surface area (Å²) in [6.45, 7) is 2.08. The zero-order valence-electron chi connectivity index (χ0n) is 7.46. The van der Waals surface area contributed by atoms with Crippen molar-refractivity contribution in [1.29, 1.82) is 0 Å². The van der Waals surface area contributed by atoms with Crippen molar-refractivity contribution in [3.8, 4) is 0 Å². The average molecular weight is 166 g/mol. The molecular weight excluding hydrogens is 151 g/mol. The molecule has 0 amide bonds. The third kappa shape index (κ3) is 2.65. The van der Waals surface area contributed by atoms with Crippen LogP contribution in [-0.4, -0.2) is 0 Å². The first-order valence-corrected chi connectivity index (χ1v) is 4.53. The molecule has 0 radical (unpaired) electrons. The van der Waals surface area contributed by atoms with Crippen LogP contribution in [0.5, 0.6) is 0 Å². The van der Waals surface area contributed by atoms with Gasteiger partial charge in [-0.15, -0.1) is 0 Å². The van der Waals surface area contributed by atoms with Crippen molar-refractivity contribution in [3.05, 3.63) is 35.9 Å². The van der Waals surface area contributed by atoms with E-state index in [1.807, 2.05) is 30.3 Å². The van der Waals surface area contributed by atoms with Crippen molar-refractivity contribution in [2.75, 3.05) is 0 Å². The minimum absolute atomic E-state index is 0.653. The van der Waals surface area contributed by atoms with Crippen LogP contribution in [0.3, 0.4) is 0 Å². The topological polar surface area (TPSA) is 0 Å². The molecule has 1 heteroatoms. The van der Waals surface area contributed by atoms with E-state index in [0.29, 0.717) is 6.42 Å². The Kier molecular flexibility index (Phi) is 3.78. The van der Waals surface area contributed by atoms with Crippen molar-refractivity contribution >= 4 is 0 Å². The molecule has 0 saturated heterocycles. The van der Waals surface area contributed by atoms with E-state index in [0.717, 1.165) is 18.4 Å². The summed E-state index contributed by atoms with van der Waals surface area (Å²) in [7, 11) is 0. The second-order valence-electron chi connectivity index (χ2n) is 3.02. The molecule has 0 aliphatic carbocycles. The Labute approximate surface area is 73.4 Å². The van der Waals surface area contributed by atoms with Gasteiger partial charge in [-0.05, 0) is 12.0 Å². The molecule has 0 saturated carbocycles. The summed E-state index contributed by atoms with van der Waals surface area (Å²) in [5, 5.41) is 0. The molecule has 66 valence electrons. The van der Waals surface area contributed by atoms with Gasteiger partial charge in [0.1, 0.15) is 6.17 Å². The van der Waals surface area contributed by atoms with Crippen LogP contribution in [0.25, 0.3) is 0 Å². The van der Waals surface area contributed by atoms with Crippen molar-refractivity contribution in [2.45, 2.75) is 32.4 Å². The van der Waals surface area contributed by atoms with Gasteiger partial charge in [0.05, 0.1) is 0 Å². The highest BCUT2D eigenvalue weighted by Gasteiger charge is 2.06. The molecule has 0 fully saturated rings. The van der Waals surface area contributed by atoms with Crippen LogP contribution < -0.4 is 0 Å². The van der Waals surface area contributed by atoms with Crippen molar-refractivity contribution in [3.63, 3.8) is 0 Å². The maximum absolute atomic E-state index is 13.3. The largest absolute Gasteiger partial charge is 0.242 e. The molecular formula is C11H15F. The first-order chi connectivity index (χ1) is 5.84. The summed E-state index contributed by atoms with van der Waals surface area (Å²) >= 11 is 0. The molecule has 12 heavy (non-hydrogen) atoms. The lowest BCUT2D eigenvalue weighted by Crippen LogP contribution is -1.90. The SMILES string of the molecule is CCCCC(F)c1ccccc1. The fourth-order valence-electron chi connectivity index (χ4n) is 1.21. The van der Waals surface area contributed by atoms with Gasteiger partial charge in [0.2, 0.25) is 0 Å². The van der Waals surface area contributed by atoms with Crippen LogP contribution >= 0.6 is 0 Å². The lowest BCUT2D eigenvalue weighted by Gasteiger charge is -2.06. The summed E-state index contributed by atoms with van der Waals surface area (Å²) in [5.41, 5.74) is 0.811. The number of benzene rings is 1. The predicted octanol–water partition coefficient (Wildman–Crippen LogP) is 3.89. The van der Waals surface area contributed by atoms with Gasteiger partial charge in [-0.1, -0.05) is 50.1 Å². The van der Waals surface area contributed by atoms with Crippen molar-refractivity contribution in [1.82, 2.24) is 0 Å². The molecule has 0 aliphatic heterocycles. The van der Waals surface area contributed by atoms with E-state index in [1.54, 1.807) is 0 Å². The van der Waals surface area contributed by atoms with Gasteiger partial charge < -0.3 is 0 Å². The van der Waals surface area contributed by atoms with Crippen molar-refractivity contribution < 1.29 is 4.39 Å². The Morgan fingerprint density at radius 3 is 2.50 bits per heavy atom. The third-order valence-electron chi connectivity index (χ3n) is 1.97. The van der Waals surface area contributed by atoms with Crippen LogP contribution in [0.15, 0.2) is 30.3 Å². The van der Waals surface area contributed by atoms with Crippen molar-refractivity contribution in [2.24, 2.45) is 0 Å². The quantitative estimate of drug-likeness (QED) is 0.636. The van der Waals surface area contributed by atoms with Gasteiger partial charge in [0, 0.05) is 0 Å². The number of hydrogen-bond donors (Lipinski definition) is 0. The minimum Gasteiger partial charge on any atom is -0.242 e. The first-order valence-electron chi connectivity index (χ1n) is 4.53. The zero-order chi connectivity index (χ0) is 8.81. The summed E-state index contributed by atoms with van der Waals surface area (Å²) < 4.78 is 13.3. The predicted molar refractivity (Wildman–Crippen MR) is 49.8 cm³/mol. The molecule has 0 aliphatic rings. The fraction of sp³-hybridized carbons (Fsp3) is 0.455. The first kappa shape index (κ1) is 9.24. The van der Waals surface area contributed by atoms with Crippen LogP contribution in [0.1, 0.15) is 37.9 Å². The maximum atomic E-state index is 13.3. The summed E-state index contributed by atoms with van der Waals surface area (Å²) in [5.74, 6) is 0. The monoisotopic (exact) mass is 166 g/mol. The van der Waals surface area contributed by atoms with Gasteiger partial charge in [0.25, 0.3) is 0 Å². The maximum Gasteiger partial charge on any atom is 0.125 e. The normalized spacial score (nSPS) is 12.8. The number of alkyl halides is 1. The van der Waals surface area contributed by atoms with E-state index < -0.39 is 6.17 Å². The molecule has 0 nitrogen and oxygen atoms in total. The average Bonchev–Trinajstić information content (AvgIpc) is 2.15. The Morgan fingerprint density at radius 1 is 1.25 bits per heavy atom. The Hall–Kier alpha value is -0.850. The molecule has 0 spiro atoms. The third-order valence-corrected chi connectivity index (χ3v) is 1.97. The number of rotatable bonds is 4. The van der Waals surface area contributed by atoms with E-state index in [-0.39, 0.29) is 0 Å². The molecule has 1 atom stereocenters. The second-order valence-corrected chi connectivity index (χ2v) is 3.02. The van der Waals surface area contributed by atoms with Crippen LogP contribution in [0, 0.1) is 0 Å². The Bertz CT molecular complexity index is 206. The lowest BCUT2D eigenvalue weighted by atomic mass is 10.1. The van der Waals surface area contributed by atoms with Gasteiger partial charge in [-0.2, -0.15) is 0 Å². The minimum atomic E-state index is -0.772. The fourth-order valence-corrected chi connectivity index (χ4v) is 1.21. The van der Waals surface area contributed by atoms with E-state index in [9.17, 15) is 4.39 Å². The molecule has 0 aromatic heterocycles. The van der Waals surface area contributed by atoms with Gasteiger partial charge in [-0.3, -0.25) is 0 Å². The molecule has 0 heterocycles. The molecule has 0 bridgehead atoms. The molecule has 1 rings (SSSR count). The Morgan fingerprint density at radius 2 is 1.92 bits per heavy atom. The van der Waals surface area contributed by atoms with Gasteiger partial charge in [0.15, 0.2) is 0 Å². The second kappa shape index (κ2) is 4.91. The van der Waals surface area contributed by atoms with E-state index in [2.05, 4.69) is 6.92 Å². The van der Waals surface area contributed by atoms with Crippen LogP contribution in [0.2, 0.25) is 0 Å². The number of hydrogen-bond acceptors (Lipinski definition) is 0.